The Morgan fingerprint density at radius 2 is 2.00 bits per heavy atom. The topological polar surface area (TPSA) is 110 Å². The first-order valence-corrected chi connectivity index (χ1v) is 10.1. The van der Waals surface area contributed by atoms with E-state index in [0.29, 0.717) is 21.6 Å². The molecule has 0 spiro atoms. The van der Waals surface area contributed by atoms with Crippen LogP contribution in [-0.4, -0.2) is 56.4 Å². The van der Waals surface area contributed by atoms with Crippen LogP contribution in [0, 0.1) is 4.64 Å². The van der Waals surface area contributed by atoms with Crippen LogP contribution in [0.2, 0.25) is 0 Å². The van der Waals surface area contributed by atoms with E-state index >= 15 is 0 Å². The first kappa shape index (κ1) is 20.1. The van der Waals surface area contributed by atoms with E-state index in [1.807, 2.05) is 19.9 Å². The van der Waals surface area contributed by atoms with Crippen LogP contribution >= 0.6 is 12.2 Å². The summed E-state index contributed by atoms with van der Waals surface area (Å²) in [6.07, 6.45) is 0.267. The monoisotopic (exact) mass is 444 g/mol. The summed E-state index contributed by atoms with van der Waals surface area (Å²) in [5.74, 6) is -0.420. The summed E-state index contributed by atoms with van der Waals surface area (Å²) in [5, 5.41) is 0. The number of fused-ring (bicyclic) bond motifs is 2. The van der Waals surface area contributed by atoms with Crippen LogP contribution in [0.3, 0.4) is 0 Å². The summed E-state index contributed by atoms with van der Waals surface area (Å²) in [5.41, 5.74) is 1.21. The highest BCUT2D eigenvalue weighted by atomic mass is 32.1. The number of imidazole rings is 1. The lowest BCUT2D eigenvalue weighted by atomic mass is 10.1. The van der Waals surface area contributed by atoms with E-state index in [1.54, 1.807) is 35.2 Å². The number of rotatable bonds is 4. The number of hydrogen-bond donors (Lipinski definition) is 1. The average Bonchev–Trinajstić information content (AvgIpc) is 3.39. The summed E-state index contributed by atoms with van der Waals surface area (Å²) in [6, 6.07) is 8.68. The van der Waals surface area contributed by atoms with Gasteiger partial charge in [0.1, 0.15) is 41.8 Å². The highest BCUT2D eigenvalue weighted by Crippen LogP contribution is 2.43. The number of ether oxygens (including phenoxy) is 5. The summed E-state index contributed by atoms with van der Waals surface area (Å²) >= 11 is 5.24. The van der Waals surface area contributed by atoms with Crippen LogP contribution in [0.25, 0.3) is 11.2 Å². The number of nitrogens with zero attached hydrogens (tertiary/aromatic N) is 3. The Balaban J connectivity index is 1.35. The lowest BCUT2D eigenvalue weighted by Crippen LogP contribution is -2.34. The summed E-state index contributed by atoms with van der Waals surface area (Å²) < 4.78 is 31.0. The fraction of sp³-hybridized carbons (Fsp3) is 0.400. The molecule has 0 radical (unpaired) electrons. The molecule has 0 bridgehead atoms. The fourth-order valence-electron chi connectivity index (χ4n) is 3.85. The second-order valence-electron chi connectivity index (χ2n) is 7.66. The zero-order valence-corrected chi connectivity index (χ0v) is 17.6. The number of aromatic nitrogens is 4. The molecular weight excluding hydrogens is 424 g/mol. The largest absolute Gasteiger partial charge is 0.513 e. The van der Waals surface area contributed by atoms with Gasteiger partial charge >= 0.3 is 6.16 Å². The number of benzene rings is 1. The van der Waals surface area contributed by atoms with Crippen molar-refractivity contribution in [3.63, 3.8) is 0 Å². The van der Waals surface area contributed by atoms with E-state index in [0.717, 1.165) is 0 Å². The van der Waals surface area contributed by atoms with Gasteiger partial charge in [-0.05, 0) is 26.0 Å². The molecule has 11 heteroatoms. The zero-order valence-electron chi connectivity index (χ0n) is 16.8. The molecule has 0 aliphatic carbocycles. The fourth-order valence-corrected chi connectivity index (χ4v) is 4.05. The van der Waals surface area contributed by atoms with E-state index in [1.165, 1.54) is 6.33 Å². The molecule has 0 saturated carbocycles. The average molecular weight is 444 g/mol. The van der Waals surface area contributed by atoms with Crippen LogP contribution in [0.15, 0.2) is 43.0 Å². The van der Waals surface area contributed by atoms with E-state index in [2.05, 4.69) is 15.0 Å². The molecule has 0 unspecified atom stereocenters. The summed E-state index contributed by atoms with van der Waals surface area (Å²) in [4.78, 5) is 23.5. The SMILES string of the molecule is CC1(C)O[C@@H]2[C@H](O1)[C@@H](COC(=O)Oc1ccccc1)O[C@H]2n1cnc2c(=S)nc[nH]c21. The van der Waals surface area contributed by atoms with Gasteiger partial charge in [0.2, 0.25) is 0 Å². The third kappa shape index (κ3) is 3.81. The predicted octanol–water partition coefficient (Wildman–Crippen LogP) is 3.12. The van der Waals surface area contributed by atoms with E-state index in [4.69, 9.17) is 35.9 Å². The van der Waals surface area contributed by atoms with Crippen molar-refractivity contribution in [2.24, 2.45) is 0 Å². The molecule has 0 amide bonds. The van der Waals surface area contributed by atoms with E-state index < -0.39 is 36.5 Å². The number of carbonyl (C=O) groups is 1. The number of carbonyl (C=O) groups excluding carboxylic acids is 1. The van der Waals surface area contributed by atoms with Crippen LogP contribution in [-0.2, 0) is 18.9 Å². The Kier molecular flexibility index (Phi) is 4.97. The molecule has 2 saturated heterocycles. The summed E-state index contributed by atoms with van der Waals surface area (Å²) in [7, 11) is 0. The lowest BCUT2D eigenvalue weighted by molar-refractivity contribution is -0.200. The molecule has 3 aromatic rings. The maximum absolute atomic E-state index is 12.1. The Bertz CT molecular complexity index is 1160. The van der Waals surface area contributed by atoms with E-state index in [9.17, 15) is 4.79 Å². The number of H-pyrrole nitrogens is 1. The van der Waals surface area contributed by atoms with Crippen LogP contribution in [0.4, 0.5) is 4.79 Å². The number of hydrogen-bond acceptors (Lipinski definition) is 9. The van der Waals surface area contributed by atoms with Gasteiger partial charge in [-0.3, -0.25) is 4.57 Å². The van der Waals surface area contributed by atoms with Crippen molar-refractivity contribution >= 4 is 29.5 Å². The molecule has 10 nitrogen and oxygen atoms in total. The van der Waals surface area contributed by atoms with Crippen LogP contribution < -0.4 is 4.74 Å². The van der Waals surface area contributed by atoms with Crippen LogP contribution in [0.1, 0.15) is 20.1 Å². The Morgan fingerprint density at radius 3 is 2.81 bits per heavy atom. The number of nitrogens with one attached hydrogen (secondary N) is 1. The van der Waals surface area contributed by atoms with Gasteiger partial charge in [-0.25, -0.2) is 14.8 Å². The van der Waals surface area contributed by atoms with Gasteiger partial charge in [-0.1, -0.05) is 30.4 Å². The molecular formula is C20H20N4O6S. The van der Waals surface area contributed by atoms with Crippen LogP contribution in [0.5, 0.6) is 5.75 Å². The zero-order chi connectivity index (χ0) is 21.6. The summed E-state index contributed by atoms with van der Waals surface area (Å²) in [6.45, 7) is 3.59. The normalized spacial score (nSPS) is 26.6. The molecule has 2 fully saturated rings. The molecule has 2 aromatic heterocycles. The van der Waals surface area contributed by atoms with Crippen molar-refractivity contribution in [2.75, 3.05) is 6.61 Å². The number of para-hydroxylation sites is 1. The van der Waals surface area contributed by atoms with Crippen molar-refractivity contribution in [2.45, 2.75) is 44.2 Å². The van der Waals surface area contributed by atoms with Gasteiger partial charge in [0.05, 0.1) is 12.7 Å². The molecule has 2 aliphatic rings. The van der Waals surface area contributed by atoms with Crippen molar-refractivity contribution < 1.29 is 28.5 Å². The second-order valence-corrected chi connectivity index (χ2v) is 8.05. The maximum atomic E-state index is 12.1. The van der Waals surface area contributed by atoms with E-state index in [-0.39, 0.29) is 6.61 Å². The Labute approximate surface area is 182 Å². The third-order valence-corrected chi connectivity index (χ3v) is 5.39. The predicted molar refractivity (Wildman–Crippen MR) is 109 cm³/mol. The lowest BCUT2D eigenvalue weighted by Gasteiger charge is -2.24. The van der Waals surface area contributed by atoms with Gasteiger partial charge < -0.3 is 28.7 Å². The second kappa shape index (κ2) is 7.68. The van der Waals surface area contributed by atoms with Gasteiger partial charge in [0.15, 0.2) is 16.7 Å². The van der Waals surface area contributed by atoms with Crippen molar-refractivity contribution in [1.29, 1.82) is 0 Å². The minimum Gasteiger partial charge on any atom is -0.431 e. The molecule has 4 atom stereocenters. The number of aromatic amines is 1. The van der Waals surface area contributed by atoms with Crippen molar-refractivity contribution in [3.05, 3.63) is 47.6 Å². The molecule has 4 heterocycles. The van der Waals surface area contributed by atoms with Gasteiger partial charge in [0.25, 0.3) is 0 Å². The smallest absolute Gasteiger partial charge is 0.431 e. The highest BCUT2D eigenvalue weighted by molar-refractivity contribution is 7.71. The minimum absolute atomic E-state index is 0.0625. The molecule has 31 heavy (non-hydrogen) atoms. The standard InChI is InChI=1S/C20H20N4O6S/c1-20(2)29-14-12(8-26-19(25)27-11-6-4-3-5-7-11)28-18(15(14)30-20)24-10-23-13-16(24)21-9-22-17(13)31/h3-7,9-10,12,14-15,18H,8H2,1-2H3,(H,21,22,31)/t12-,14-,15-,18-/m1/s1. The minimum atomic E-state index is -0.823. The highest BCUT2D eigenvalue weighted by Gasteiger charge is 2.56. The molecule has 1 aromatic carbocycles. The maximum Gasteiger partial charge on any atom is 0.513 e. The Morgan fingerprint density at radius 1 is 1.23 bits per heavy atom. The van der Waals surface area contributed by atoms with Crippen molar-refractivity contribution in [1.82, 2.24) is 19.5 Å². The molecule has 2 aliphatic heterocycles. The van der Waals surface area contributed by atoms with Gasteiger partial charge in [0, 0.05) is 0 Å². The molecule has 5 rings (SSSR count). The van der Waals surface area contributed by atoms with Gasteiger partial charge in [-0.15, -0.1) is 0 Å². The first-order valence-electron chi connectivity index (χ1n) is 9.72. The van der Waals surface area contributed by atoms with Gasteiger partial charge in [-0.2, -0.15) is 0 Å². The quantitative estimate of drug-likeness (QED) is 0.369. The Hall–Kier alpha value is -2.86. The third-order valence-electron chi connectivity index (χ3n) is 5.09. The first-order chi connectivity index (χ1) is 14.9. The van der Waals surface area contributed by atoms with Crippen molar-refractivity contribution in [3.8, 4) is 5.75 Å². The molecule has 1 N–H and O–H groups in total. The molecule has 162 valence electrons.